The van der Waals surface area contributed by atoms with Crippen molar-refractivity contribution in [3.63, 3.8) is 0 Å². The van der Waals surface area contributed by atoms with E-state index in [1.807, 2.05) is 6.08 Å². The average molecular weight is 223 g/mol. The second kappa shape index (κ2) is 7.14. The minimum absolute atomic E-state index is 0.235. The van der Waals surface area contributed by atoms with Gasteiger partial charge < -0.3 is 10.5 Å². The number of nitrogens with two attached hydrogens (primary N) is 1. The van der Waals surface area contributed by atoms with E-state index in [-0.39, 0.29) is 5.82 Å². The van der Waals surface area contributed by atoms with E-state index in [0.717, 1.165) is 18.4 Å². The predicted octanol–water partition coefficient (Wildman–Crippen LogP) is 2.77. The molecule has 0 fully saturated rings. The first-order valence-electron chi connectivity index (χ1n) is 5.44. The Labute approximate surface area is 95.9 Å². The Kier molecular flexibility index (Phi) is 5.75. The maximum Gasteiger partial charge on any atom is 0.128 e. The molecule has 0 aliphatic heterocycles. The summed E-state index contributed by atoms with van der Waals surface area (Å²) in [4.78, 5) is 0. The molecule has 1 rings (SSSR count). The van der Waals surface area contributed by atoms with E-state index in [9.17, 15) is 4.39 Å². The van der Waals surface area contributed by atoms with E-state index in [2.05, 4.69) is 6.58 Å². The summed E-state index contributed by atoms with van der Waals surface area (Å²) < 4.78 is 18.7. The van der Waals surface area contributed by atoms with Crippen molar-refractivity contribution in [2.24, 2.45) is 5.73 Å². The van der Waals surface area contributed by atoms with Gasteiger partial charge in [-0.2, -0.15) is 0 Å². The minimum atomic E-state index is -0.235. The summed E-state index contributed by atoms with van der Waals surface area (Å²) >= 11 is 0. The zero-order chi connectivity index (χ0) is 11.8. The number of halogens is 1. The van der Waals surface area contributed by atoms with Crippen LogP contribution in [0.1, 0.15) is 24.0 Å². The molecular formula is C13H18FNO. The first-order chi connectivity index (χ1) is 7.77. The van der Waals surface area contributed by atoms with Crippen LogP contribution >= 0.6 is 0 Å². The molecule has 1 aromatic carbocycles. The molecule has 0 bridgehead atoms. The molecule has 0 spiro atoms. The Bertz CT molecular complexity index is 339. The molecule has 0 heterocycles. The van der Waals surface area contributed by atoms with Gasteiger partial charge in [0, 0.05) is 18.7 Å². The molecule has 0 saturated heterocycles. The first-order valence-corrected chi connectivity index (χ1v) is 5.44. The average Bonchev–Trinajstić information content (AvgIpc) is 2.31. The molecule has 3 heteroatoms. The quantitative estimate of drug-likeness (QED) is 0.570. The molecule has 2 N–H and O–H groups in total. The van der Waals surface area contributed by atoms with Crippen LogP contribution in [0.15, 0.2) is 30.9 Å². The smallest absolute Gasteiger partial charge is 0.128 e. The summed E-state index contributed by atoms with van der Waals surface area (Å²) in [6.07, 6.45) is 3.69. The van der Waals surface area contributed by atoms with Gasteiger partial charge in [-0.05, 0) is 30.5 Å². The number of hydrogen-bond acceptors (Lipinski definition) is 2. The molecule has 0 saturated carbocycles. The van der Waals surface area contributed by atoms with Crippen molar-refractivity contribution in [2.75, 3.05) is 6.61 Å². The third-order valence-corrected chi connectivity index (χ3v) is 2.30. The highest BCUT2D eigenvalue weighted by Gasteiger charge is 2.03. The number of hydrogen-bond donors (Lipinski definition) is 1. The van der Waals surface area contributed by atoms with Crippen molar-refractivity contribution >= 4 is 0 Å². The number of allylic oxidation sites excluding steroid dienone is 1. The summed E-state index contributed by atoms with van der Waals surface area (Å²) in [5, 5.41) is 0. The summed E-state index contributed by atoms with van der Waals surface area (Å²) in [6.45, 7) is 4.97. The largest absolute Gasteiger partial charge is 0.377 e. The maximum absolute atomic E-state index is 13.3. The Hall–Kier alpha value is -1.19. The number of unbranched alkanes of at least 4 members (excludes halogenated alkanes) is 1. The summed E-state index contributed by atoms with van der Waals surface area (Å²) in [5.74, 6) is -0.235. The summed E-state index contributed by atoms with van der Waals surface area (Å²) in [7, 11) is 0. The van der Waals surface area contributed by atoms with E-state index in [1.54, 1.807) is 12.1 Å². The summed E-state index contributed by atoms with van der Waals surface area (Å²) in [6, 6.07) is 4.88. The maximum atomic E-state index is 13.3. The van der Waals surface area contributed by atoms with Gasteiger partial charge in [0.05, 0.1) is 6.61 Å². The van der Waals surface area contributed by atoms with Crippen molar-refractivity contribution in [2.45, 2.75) is 26.0 Å². The van der Waals surface area contributed by atoms with Crippen LogP contribution in [0.25, 0.3) is 0 Å². The van der Waals surface area contributed by atoms with E-state index in [0.29, 0.717) is 25.3 Å². The SMILES string of the molecule is C=CCCCOCc1cc(CN)ccc1F. The normalized spacial score (nSPS) is 10.4. The lowest BCUT2D eigenvalue weighted by Crippen LogP contribution is -2.02. The first kappa shape index (κ1) is 12.9. The Morgan fingerprint density at radius 2 is 2.25 bits per heavy atom. The number of rotatable bonds is 7. The van der Waals surface area contributed by atoms with Gasteiger partial charge in [0.2, 0.25) is 0 Å². The van der Waals surface area contributed by atoms with Crippen LogP contribution in [0, 0.1) is 5.82 Å². The fourth-order valence-corrected chi connectivity index (χ4v) is 1.38. The zero-order valence-electron chi connectivity index (χ0n) is 9.42. The van der Waals surface area contributed by atoms with Crippen molar-refractivity contribution in [3.05, 3.63) is 47.8 Å². The van der Waals surface area contributed by atoms with Gasteiger partial charge in [0.1, 0.15) is 5.82 Å². The molecule has 0 amide bonds. The van der Waals surface area contributed by atoms with Crippen LogP contribution < -0.4 is 5.73 Å². The molecule has 16 heavy (non-hydrogen) atoms. The van der Waals surface area contributed by atoms with Crippen molar-refractivity contribution < 1.29 is 9.13 Å². The monoisotopic (exact) mass is 223 g/mol. The molecule has 0 aliphatic rings. The van der Waals surface area contributed by atoms with Gasteiger partial charge in [0.15, 0.2) is 0 Å². The highest BCUT2D eigenvalue weighted by molar-refractivity contribution is 5.24. The molecule has 1 aromatic rings. The lowest BCUT2D eigenvalue weighted by Gasteiger charge is -2.06. The Balaban J connectivity index is 2.43. The van der Waals surface area contributed by atoms with Gasteiger partial charge in [-0.3, -0.25) is 0 Å². The van der Waals surface area contributed by atoms with E-state index in [4.69, 9.17) is 10.5 Å². The highest BCUT2D eigenvalue weighted by Crippen LogP contribution is 2.11. The lowest BCUT2D eigenvalue weighted by atomic mass is 10.1. The number of benzene rings is 1. The van der Waals surface area contributed by atoms with Crippen LogP contribution in [0.3, 0.4) is 0 Å². The van der Waals surface area contributed by atoms with Gasteiger partial charge in [0.25, 0.3) is 0 Å². The fraction of sp³-hybridized carbons (Fsp3) is 0.385. The van der Waals surface area contributed by atoms with E-state index < -0.39 is 0 Å². The molecule has 88 valence electrons. The molecule has 0 aromatic heterocycles. The zero-order valence-corrected chi connectivity index (χ0v) is 9.42. The van der Waals surface area contributed by atoms with Crippen LogP contribution in [0.4, 0.5) is 4.39 Å². The Morgan fingerprint density at radius 3 is 2.94 bits per heavy atom. The van der Waals surface area contributed by atoms with Crippen molar-refractivity contribution in [1.29, 1.82) is 0 Å². The molecular weight excluding hydrogens is 205 g/mol. The lowest BCUT2D eigenvalue weighted by molar-refractivity contribution is 0.117. The van der Waals surface area contributed by atoms with Gasteiger partial charge >= 0.3 is 0 Å². The molecule has 0 atom stereocenters. The van der Waals surface area contributed by atoms with Crippen LogP contribution in [0.5, 0.6) is 0 Å². The minimum Gasteiger partial charge on any atom is -0.377 e. The molecule has 0 unspecified atom stereocenters. The topological polar surface area (TPSA) is 35.2 Å². The number of ether oxygens (including phenoxy) is 1. The standard InChI is InChI=1S/C13H18FNO/c1-2-3-4-7-16-10-12-8-11(9-15)5-6-13(12)14/h2,5-6,8H,1,3-4,7,9-10,15H2. The molecule has 0 radical (unpaired) electrons. The second-order valence-electron chi connectivity index (χ2n) is 3.61. The van der Waals surface area contributed by atoms with Crippen LogP contribution in [-0.4, -0.2) is 6.61 Å². The van der Waals surface area contributed by atoms with Crippen LogP contribution in [0.2, 0.25) is 0 Å². The van der Waals surface area contributed by atoms with Crippen LogP contribution in [-0.2, 0) is 17.9 Å². The van der Waals surface area contributed by atoms with E-state index >= 15 is 0 Å². The van der Waals surface area contributed by atoms with Crippen molar-refractivity contribution in [1.82, 2.24) is 0 Å². The predicted molar refractivity (Wildman–Crippen MR) is 63.4 cm³/mol. The van der Waals surface area contributed by atoms with Gasteiger partial charge in [-0.1, -0.05) is 12.1 Å². The van der Waals surface area contributed by atoms with E-state index in [1.165, 1.54) is 6.07 Å². The second-order valence-corrected chi connectivity index (χ2v) is 3.61. The van der Waals surface area contributed by atoms with Crippen molar-refractivity contribution in [3.8, 4) is 0 Å². The highest BCUT2D eigenvalue weighted by atomic mass is 19.1. The fourth-order valence-electron chi connectivity index (χ4n) is 1.38. The summed E-state index contributed by atoms with van der Waals surface area (Å²) in [5.41, 5.74) is 6.98. The molecule has 0 aliphatic carbocycles. The molecule has 2 nitrogen and oxygen atoms in total. The van der Waals surface area contributed by atoms with Gasteiger partial charge in [-0.15, -0.1) is 6.58 Å². The van der Waals surface area contributed by atoms with Gasteiger partial charge in [-0.25, -0.2) is 4.39 Å². The third-order valence-electron chi connectivity index (χ3n) is 2.30. The Morgan fingerprint density at radius 1 is 1.44 bits per heavy atom. The third kappa shape index (κ3) is 4.13.